The van der Waals surface area contributed by atoms with Gasteiger partial charge in [0, 0.05) is 17.3 Å². The van der Waals surface area contributed by atoms with E-state index < -0.39 is 5.69 Å². The van der Waals surface area contributed by atoms with Gasteiger partial charge in [0.1, 0.15) is 0 Å². The Morgan fingerprint density at radius 1 is 1.28 bits per heavy atom. The van der Waals surface area contributed by atoms with Gasteiger partial charge in [0.15, 0.2) is 0 Å². The molecule has 2 aromatic rings. The number of aromatic nitrogens is 2. The smallest absolute Gasteiger partial charge is 0.296 e. The second kappa shape index (κ2) is 4.76. The summed E-state index contributed by atoms with van der Waals surface area (Å²) in [5.41, 5.74) is 1.49. The molecule has 1 aromatic carbocycles. The molecule has 1 N–H and O–H groups in total. The summed E-state index contributed by atoms with van der Waals surface area (Å²) in [6.45, 7) is 2.07. The van der Waals surface area contributed by atoms with Crippen molar-refractivity contribution in [3.8, 4) is 12.3 Å². The molecule has 90 valence electrons. The lowest BCUT2D eigenvalue weighted by molar-refractivity contribution is 0.713. The highest BCUT2D eigenvalue weighted by molar-refractivity contribution is 5.34. The molecular formula is C14H12N2O2. The molecule has 2 rings (SSSR count). The summed E-state index contributed by atoms with van der Waals surface area (Å²) in [6, 6.07) is 7.36. The van der Waals surface area contributed by atoms with Crippen LogP contribution in [0.2, 0.25) is 0 Å². The average molecular weight is 240 g/mol. The van der Waals surface area contributed by atoms with Crippen LogP contribution in [0, 0.1) is 19.3 Å². The highest BCUT2D eigenvalue weighted by Gasteiger charge is 2.01. The van der Waals surface area contributed by atoms with Crippen LogP contribution in [0.1, 0.15) is 16.7 Å². The Balaban J connectivity index is 2.34. The van der Waals surface area contributed by atoms with E-state index >= 15 is 0 Å². The Morgan fingerprint density at radius 2 is 1.94 bits per heavy atom. The van der Waals surface area contributed by atoms with Gasteiger partial charge in [-0.1, -0.05) is 18.1 Å². The van der Waals surface area contributed by atoms with E-state index in [4.69, 9.17) is 6.42 Å². The number of aromatic amines is 1. The van der Waals surface area contributed by atoms with Crippen molar-refractivity contribution in [3.63, 3.8) is 0 Å². The number of nitrogens with zero attached hydrogens (tertiary/aromatic N) is 1. The molecular weight excluding hydrogens is 228 g/mol. The van der Waals surface area contributed by atoms with E-state index in [1.54, 1.807) is 13.1 Å². The SMILES string of the molecule is C#Cc1ccc(Cn2cc(C)c(=O)[nH]c2=O)cc1. The third-order valence-corrected chi connectivity index (χ3v) is 2.66. The van der Waals surface area contributed by atoms with Crippen LogP contribution in [0.3, 0.4) is 0 Å². The molecule has 0 saturated carbocycles. The number of hydrogen-bond donors (Lipinski definition) is 1. The first-order valence-electron chi connectivity index (χ1n) is 5.46. The zero-order valence-corrected chi connectivity index (χ0v) is 9.93. The van der Waals surface area contributed by atoms with Crippen LogP contribution < -0.4 is 11.2 Å². The molecule has 0 saturated heterocycles. The molecule has 0 fully saturated rings. The molecule has 0 radical (unpaired) electrons. The van der Waals surface area contributed by atoms with E-state index in [9.17, 15) is 9.59 Å². The lowest BCUT2D eigenvalue weighted by atomic mass is 10.1. The number of aryl methyl sites for hydroxylation is 1. The van der Waals surface area contributed by atoms with Gasteiger partial charge < -0.3 is 0 Å². The van der Waals surface area contributed by atoms with Crippen molar-refractivity contribution < 1.29 is 0 Å². The van der Waals surface area contributed by atoms with Crippen molar-refractivity contribution in [2.24, 2.45) is 0 Å². The van der Waals surface area contributed by atoms with Gasteiger partial charge in [0.25, 0.3) is 5.56 Å². The lowest BCUT2D eigenvalue weighted by Crippen LogP contribution is -2.31. The Hall–Kier alpha value is -2.54. The van der Waals surface area contributed by atoms with Crippen LogP contribution in [0.25, 0.3) is 0 Å². The van der Waals surface area contributed by atoms with E-state index in [1.165, 1.54) is 4.57 Å². The van der Waals surface area contributed by atoms with E-state index in [0.717, 1.165) is 11.1 Å². The minimum atomic E-state index is -0.411. The molecule has 0 bridgehead atoms. The van der Waals surface area contributed by atoms with E-state index in [0.29, 0.717) is 12.1 Å². The molecule has 0 unspecified atom stereocenters. The summed E-state index contributed by atoms with van der Waals surface area (Å²) < 4.78 is 1.46. The van der Waals surface area contributed by atoms with E-state index in [1.807, 2.05) is 24.3 Å². The zero-order chi connectivity index (χ0) is 13.1. The Kier molecular flexibility index (Phi) is 3.16. The fraction of sp³-hybridized carbons (Fsp3) is 0.143. The van der Waals surface area contributed by atoms with Crippen molar-refractivity contribution in [2.45, 2.75) is 13.5 Å². The first-order valence-corrected chi connectivity index (χ1v) is 5.46. The van der Waals surface area contributed by atoms with E-state index in [-0.39, 0.29) is 5.56 Å². The minimum absolute atomic E-state index is 0.348. The quantitative estimate of drug-likeness (QED) is 0.792. The van der Waals surface area contributed by atoms with Crippen LogP contribution in [-0.4, -0.2) is 9.55 Å². The summed E-state index contributed by atoms with van der Waals surface area (Å²) in [5, 5.41) is 0. The van der Waals surface area contributed by atoms with Gasteiger partial charge in [0.2, 0.25) is 0 Å². The number of terminal acetylenes is 1. The van der Waals surface area contributed by atoms with Crippen LogP contribution >= 0.6 is 0 Å². The summed E-state index contributed by atoms with van der Waals surface area (Å²) >= 11 is 0. The van der Waals surface area contributed by atoms with Gasteiger partial charge in [-0.05, 0) is 24.6 Å². The molecule has 0 amide bonds. The van der Waals surface area contributed by atoms with Crippen molar-refractivity contribution >= 4 is 0 Å². The third-order valence-electron chi connectivity index (χ3n) is 2.66. The largest absolute Gasteiger partial charge is 0.328 e. The van der Waals surface area contributed by atoms with Crippen LogP contribution in [0.15, 0.2) is 40.1 Å². The van der Waals surface area contributed by atoms with Crippen molar-refractivity contribution in [2.75, 3.05) is 0 Å². The fourth-order valence-electron chi connectivity index (χ4n) is 1.64. The van der Waals surface area contributed by atoms with Crippen LogP contribution in [0.4, 0.5) is 0 Å². The van der Waals surface area contributed by atoms with Gasteiger partial charge >= 0.3 is 5.69 Å². The van der Waals surface area contributed by atoms with Crippen LogP contribution in [-0.2, 0) is 6.54 Å². The monoisotopic (exact) mass is 240 g/mol. The van der Waals surface area contributed by atoms with Gasteiger partial charge in [-0.2, -0.15) is 0 Å². The van der Waals surface area contributed by atoms with Gasteiger partial charge in [-0.15, -0.1) is 6.42 Å². The highest BCUT2D eigenvalue weighted by atomic mass is 16.2. The molecule has 0 aliphatic heterocycles. The second-order valence-corrected chi connectivity index (χ2v) is 4.04. The van der Waals surface area contributed by atoms with Crippen molar-refractivity contribution in [1.82, 2.24) is 9.55 Å². The number of H-pyrrole nitrogens is 1. The zero-order valence-electron chi connectivity index (χ0n) is 9.93. The first kappa shape index (κ1) is 11.9. The predicted octanol–water partition coefficient (Wildman–Crippen LogP) is 0.875. The van der Waals surface area contributed by atoms with Gasteiger partial charge in [0.05, 0.1) is 6.54 Å². The molecule has 0 spiro atoms. The number of rotatable bonds is 2. The Morgan fingerprint density at radius 3 is 2.56 bits per heavy atom. The standard InChI is InChI=1S/C14H12N2O2/c1-3-11-4-6-12(7-5-11)9-16-8-10(2)13(17)15-14(16)18/h1,4-8H,9H2,2H3,(H,15,17,18). The maximum atomic E-state index is 11.6. The molecule has 0 aliphatic carbocycles. The minimum Gasteiger partial charge on any atom is -0.296 e. The number of hydrogen-bond acceptors (Lipinski definition) is 2. The van der Waals surface area contributed by atoms with Gasteiger partial charge in [-0.3, -0.25) is 14.3 Å². The summed E-state index contributed by atoms with van der Waals surface area (Å²) in [6.07, 6.45) is 6.82. The van der Waals surface area contributed by atoms with Gasteiger partial charge in [-0.25, -0.2) is 4.79 Å². The van der Waals surface area contributed by atoms with E-state index in [2.05, 4.69) is 10.9 Å². The Labute approximate surface area is 104 Å². The van der Waals surface area contributed by atoms with Crippen molar-refractivity contribution in [1.29, 1.82) is 0 Å². The van der Waals surface area contributed by atoms with Crippen LogP contribution in [0.5, 0.6) is 0 Å². The molecule has 4 nitrogen and oxygen atoms in total. The molecule has 1 heterocycles. The molecule has 4 heteroatoms. The molecule has 0 aliphatic rings. The number of benzene rings is 1. The third kappa shape index (κ3) is 2.41. The lowest BCUT2D eigenvalue weighted by Gasteiger charge is -2.06. The molecule has 1 aromatic heterocycles. The maximum Gasteiger partial charge on any atom is 0.328 e. The predicted molar refractivity (Wildman–Crippen MR) is 69.5 cm³/mol. The number of nitrogens with one attached hydrogen (secondary N) is 1. The normalized spacial score (nSPS) is 10.0. The fourth-order valence-corrected chi connectivity index (χ4v) is 1.64. The highest BCUT2D eigenvalue weighted by Crippen LogP contribution is 2.04. The first-order chi connectivity index (χ1) is 8.60. The maximum absolute atomic E-state index is 11.6. The topological polar surface area (TPSA) is 54.9 Å². The second-order valence-electron chi connectivity index (χ2n) is 4.04. The molecule has 18 heavy (non-hydrogen) atoms. The average Bonchev–Trinajstić information content (AvgIpc) is 2.37. The summed E-state index contributed by atoms with van der Waals surface area (Å²) in [7, 11) is 0. The summed E-state index contributed by atoms with van der Waals surface area (Å²) in [5.74, 6) is 2.53. The molecule has 0 atom stereocenters. The van der Waals surface area contributed by atoms with Crippen molar-refractivity contribution in [3.05, 3.63) is 68.0 Å². The Bertz CT molecular complexity index is 715. The summed E-state index contributed by atoms with van der Waals surface area (Å²) in [4.78, 5) is 25.1.